The molecule has 0 amide bonds. The molecule has 1 aliphatic rings. The quantitative estimate of drug-likeness (QED) is 0.850. The highest BCUT2D eigenvalue weighted by molar-refractivity contribution is 9.10. The number of aryl methyl sites for hydroxylation is 3. The number of rotatable bonds is 2. The van der Waals surface area contributed by atoms with Gasteiger partial charge < -0.3 is 5.73 Å². The van der Waals surface area contributed by atoms with Crippen LogP contribution in [0.3, 0.4) is 0 Å². The van der Waals surface area contributed by atoms with Crippen LogP contribution in [0.25, 0.3) is 0 Å². The molecule has 0 aliphatic heterocycles. The van der Waals surface area contributed by atoms with Crippen LogP contribution in [0.15, 0.2) is 40.9 Å². The first-order valence-corrected chi connectivity index (χ1v) is 8.07. The Hall–Kier alpha value is -1.12. The van der Waals surface area contributed by atoms with Gasteiger partial charge in [-0.25, -0.2) is 0 Å². The molecule has 0 aromatic heterocycles. The van der Waals surface area contributed by atoms with Crippen LogP contribution in [0.1, 0.15) is 46.7 Å². The van der Waals surface area contributed by atoms with Gasteiger partial charge in [0, 0.05) is 4.47 Å². The van der Waals surface area contributed by atoms with Crippen molar-refractivity contribution >= 4 is 15.9 Å². The minimum atomic E-state index is -0.0431. The maximum atomic E-state index is 6.47. The van der Waals surface area contributed by atoms with E-state index < -0.39 is 0 Å². The number of benzene rings is 2. The molecule has 20 heavy (non-hydrogen) atoms. The second kappa shape index (κ2) is 5.71. The fraction of sp³-hybridized carbons (Fsp3) is 0.333. The third-order valence-corrected chi connectivity index (χ3v) is 4.61. The molecule has 0 saturated heterocycles. The van der Waals surface area contributed by atoms with E-state index in [-0.39, 0.29) is 6.04 Å². The van der Waals surface area contributed by atoms with Crippen LogP contribution in [-0.4, -0.2) is 0 Å². The number of hydrogen-bond acceptors (Lipinski definition) is 1. The average molecular weight is 330 g/mol. The molecule has 2 N–H and O–H groups in total. The van der Waals surface area contributed by atoms with E-state index in [0.717, 1.165) is 4.47 Å². The number of halogens is 1. The third-order valence-electron chi connectivity index (χ3n) is 4.16. The number of nitrogens with two attached hydrogens (primary N) is 1. The minimum Gasteiger partial charge on any atom is -0.320 e. The van der Waals surface area contributed by atoms with Crippen LogP contribution < -0.4 is 5.73 Å². The molecule has 104 valence electrons. The summed E-state index contributed by atoms with van der Waals surface area (Å²) in [5, 5.41) is 0. The van der Waals surface area contributed by atoms with Gasteiger partial charge in [-0.2, -0.15) is 0 Å². The molecule has 0 saturated carbocycles. The Labute approximate surface area is 129 Å². The molecule has 0 heterocycles. The first-order chi connectivity index (χ1) is 9.63. The molecule has 1 atom stereocenters. The molecular weight excluding hydrogens is 310 g/mol. The summed E-state index contributed by atoms with van der Waals surface area (Å²) in [7, 11) is 0. The van der Waals surface area contributed by atoms with Gasteiger partial charge in [-0.05, 0) is 72.6 Å². The highest BCUT2D eigenvalue weighted by Crippen LogP contribution is 2.28. The van der Waals surface area contributed by atoms with Gasteiger partial charge in [0.05, 0.1) is 6.04 Å². The van der Waals surface area contributed by atoms with Gasteiger partial charge in [0.2, 0.25) is 0 Å². The molecule has 2 heteroatoms. The summed E-state index contributed by atoms with van der Waals surface area (Å²) in [5.41, 5.74) is 13.1. The van der Waals surface area contributed by atoms with E-state index in [1.807, 2.05) is 0 Å². The molecule has 0 bridgehead atoms. The maximum absolute atomic E-state index is 6.47. The molecule has 0 radical (unpaired) electrons. The standard InChI is InChI=1S/C18H20BrN/c1-12-8-16(11-17(19)9-12)18(20)15-7-6-13-4-2-3-5-14(13)10-15/h6-11,18H,2-5,20H2,1H3. The summed E-state index contributed by atoms with van der Waals surface area (Å²) in [6.07, 6.45) is 5.05. The SMILES string of the molecule is Cc1cc(Br)cc(C(N)c2ccc3c(c2)CCCC3)c1. The van der Waals surface area contributed by atoms with E-state index in [1.54, 1.807) is 0 Å². The fourth-order valence-electron chi connectivity index (χ4n) is 3.08. The monoisotopic (exact) mass is 329 g/mol. The van der Waals surface area contributed by atoms with Gasteiger partial charge in [-0.3, -0.25) is 0 Å². The normalized spacial score (nSPS) is 15.8. The second-order valence-electron chi connectivity index (χ2n) is 5.77. The van der Waals surface area contributed by atoms with Crippen LogP contribution in [0.2, 0.25) is 0 Å². The van der Waals surface area contributed by atoms with E-state index in [9.17, 15) is 0 Å². The van der Waals surface area contributed by atoms with Gasteiger partial charge in [0.15, 0.2) is 0 Å². The zero-order valence-corrected chi connectivity index (χ0v) is 13.4. The third kappa shape index (κ3) is 2.82. The average Bonchev–Trinajstić information content (AvgIpc) is 2.45. The summed E-state index contributed by atoms with van der Waals surface area (Å²) < 4.78 is 1.10. The summed E-state index contributed by atoms with van der Waals surface area (Å²) >= 11 is 3.56. The predicted octanol–water partition coefficient (Wildman–Crippen LogP) is 4.68. The summed E-state index contributed by atoms with van der Waals surface area (Å²) in [6.45, 7) is 2.10. The zero-order valence-electron chi connectivity index (χ0n) is 11.8. The molecule has 1 unspecified atom stereocenters. The minimum absolute atomic E-state index is 0.0431. The van der Waals surface area contributed by atoms with Crippen LogP contribution in [0, 0.1) is 6.92 Å². The van der Waals surface area contributed by atoms with Gasteiger partial charge in [0.25, 0.3) is 0 Å². The lowest BCUT2D eigenvalue weighted by atomic mass is 9.88. The van der Waals surface area contributed by atoms with Crippen molar-refractivity contribution in [1.29, 1.82) is 0 Å². The van der Waals surface area contributed by atoms with Gasteiger partial charge in [-0.15, -0.1) is 0 Å². The molecule has 0 fully saturated rings. The van der Waals surface area contributed by atoms with E-state index in [1.165, 1.54) is 53.5 Å². The van der Waals surface area contributed by atoms with E-state index >= 15 is 0 Å². The number of fused-ring (bicyclic) bond motifs is 1. The van der Waals surface area contributed by atoms with Crippen molar-refractivity contribution < 1.29 is 0 Å². The van der Waals surface area contributed by atoms with Crippen molar-refractivity contribution in [3.8, 4) is 0 Å². The van der Waals surface area contributed by atoms with Crippen molar-refractivity contribution in [2.45, 2.75) is 38.6 Å². The van der Waals surface area contributed by atoms with E-state index in [4.69, 9.17) is 5.73 Å². The van der Waals surface area contributed by atoms with Crippen molar-refractivity contribution in [1.82, 2.24) is 0 Å². The Kier molecular flexibility index (Phi) is 3.95. The summed E-state index contributed by atoms with van der Waals surface area (Å²) in [5.74, 6) is 0. The molecule has 1 nitrogen and oxygen atoms in total. The second-order valence-corrected chi connectivity index (χ2v) is 6.69. The van der Waals surface area contributed by atoms with Crippen LogP contribution in [0.4, 0.5) is 0 Å². The maximum Gasteiger partial charge on any atom is 0.0552 e. The van der Waals surface area contributed by atoms with Crippen molar-refractivity contribution in [2.24, 2.45) is 5.73 Å². The highest BCUT2D eigenvalue weighted by Gasteiger charge is 2.14. The van der Waals surface area contributed by atoms with Crippen LogP contribution >= 0.6 is 15.9 Å². The van der Waals surface area contributed by atoms with Crippen molar-refractivity contribution in [3.05, 3.63) is 68.7 Å². The van der Waals surface area contributed by atoms with Crippen molar-refractivity contribution in [3.63, 3.8) is 0 Å². The van der Waals surface area contributed by atoms with Crippen molar-refractivity contribution in [2.75, 3.05) is 0 Å². The lowest BCUT2D eigenvalue weighted by molar-refractivity contribution is 0.682. The molecule has 2 aromatic carbocycles. The topological polar surface area (TPSA) is 26.0 Å². The summed E-state index contributed by atoms with van der Waals surface area (Å²) in [4.78, 5) is 0. The lowest BCUT2D eigenvalue weighted by Gasteiger charge is -2.20. The van der Waals surface area contributed by atoms with E-state index in [0.29, 0.717) is 0 Å². The highest BCUT2D eigenvalue weighted by atomic mass is 79.9. The van der Waals surface area contributed by atoms with Crippen LogP contribution in [0.5, 0.6) is 0 Å². The Morgan fingerprint density at radius 1 is 0.950 bits per heavy atom. The molecular formula is C18H20BrN. The Morgan fingerprint density at radius 3 is 2.45 bits per heavy atom. The van der Waals surface area contributed by atoms with Crippen LogP contribution in [-0.2, 0) is 12.8 Å². The molecule has 1 aliphatic carbocycles. The number of hydrogen-bond donors (Lipinski definition) is 1. The van der Waals surface area contributed by atoms with Gasteiger partial charge in [0.1, 0.15) is 0 Å². The lowest BCUT2D eigenvalue weighted by Crippen LogP contribution is -2.13. The fourth-order valence-corrected chi connectivity index (χ4v) is 3.71. The Morgan fingerprint density at radius 2 is 1.70 bits per heavy atom. The zero-order chi connectivity index (χ0) is 14.1. The van der Waals surface area contributed by atoms with E-state index in [2.05, 4.69) is 59.3 Å². The largest absolute Gasteiger partial charge is 0.320 e. The molecule has 0 spiro atoms. The molecule has 2 aromatic rings. The first kappa shape index (κ1) is 13.8. The summed E-state index contributed by atoms with van der Waals surface area (Å²) in [6, 6.07) is 13.2. The smallest absolute Gasteiger partial charge is 0.0552 e. The Bertz CT molecular complexity index is 613. The van der Waals surface area contributed by atoms with Gasteiger partial charge in [-0.1, -0.05) is 40.2 Å². The first-order valence-electron chi connectivity index (χ1n) is 7.28. The molecule has 3 rings (SSSR count). The Balaban J connectivity index is 1.95. The predicted molar refractivity (Wildman–Crippen MR) is 88.0 cm³/mol. The van der Waals surface area contributed by atoms with Gasteiger partial charge >= 0.3 is 0 Å².